The minimum atomic E-state index is 0.315. The SMILES string of the molecule is Cc1cncn1CCCNC(=N)Nc1ccc(-c2ccccc2)cc1. The van der Waals surface area contributed by atoms with Gasteiger partial charge in [0.15, 0.2) is 5.96 Å². The van der Waals surface area contributed by atoms with E-state index >= 15 is 0 Å². The number of hydrogen-bond acceptors (Lipinski definition) is 2. The van der Waals surface area contributed by atoms with Crippen LogP contribution in [0.4, 0.5) is 5.69 Å². The van der Waals surface area contributed by atoms with Crippen LogP contribution in [0.2, 0.25) is 0 Å². The molecule has 1 aromatic heterocycles. The Morgan fingerprint density at radius 1 is 1.04 bits per heavy atom. The highest BCUT2D eigenvalue weighted by Gasteiger charge is 2.00. The summed E-state index contributed by atoms with van der Waals surface area (Å²) in [5, 5.41) is 14.2. The van der Waals surface area contributed by atoms with E-state index in [9.17, 15) is 0 Å². The van der Waals surface area contributed by atoms with Crippen LogP contribution >= 0.6 is 0 Å². The minimum Gasteiger partial charge on any atom is -0.356 e. The third-order valence-electron chi connectivity index (χ3n) is 4.06. The third kappa shape index (κ3) is 4.70. The molecular formula is C20H23N5. The van der Waals surface area contributed by atoms with Crippen molar-refractivity contribution in [2.45, 2.75) is 19.9 Å². The Labute approximate surface area is 148 Å². The van der Waals surface area contributed by atoms with Gasteiger partial charge in [0, 0.05) is 30.7 Å². The van der Waals surface area contributed by atoms with Crippen molar-refractivity contribution in [1.29, 1.82) is 5.41 Å². The standard InChI is InChI=1S/C20H23N5/c1-16-14-22-15-25(16)13-5-12-23-20(21)24-19-10-8-18(9-11-19)17-6-3-2-4-7-17/h2-4,6-11,14-15H,5,12-13H2,1H3,(H3,21,23,24). The van der Waals surface area contributed by atoms with Crippen molar-refractivity contribution in [3.63, 3.8) is 0 Å². The van der Waals surface area contributed by atoms with E-state index in [1.54, 1.807) is 0 Å². The molecule has 25 heavy (non-hydrogen) atoms. The molecule has 128 valence electrons. The molecule has 0 unspecified atom stereocenters. The highest BCUT2D eigenvalue weighted by Crippen LogP contribution is 2.20. The zero-order valence-corrected chi connectivity index (χ0v) is 14.4. The van der Waals surface area contributed by atoms with Gasteiger partial charge in [-0.3, -0.25) is 5.41 Å². The van der Waals surface area contributed by atoms with Crippen LogP contribution in [-0.2, 0) is 6.54 Å². The largest absolute Gasteiger partial charge is 0.356 e. The number of anilines is 1. The van der Waals surface area contributed by atoms with E-state index in [1.165, 1.54) is 11.1 Å². The van der Waals surface area contributed by atoms with Crippen LogP contribution in [0.25, 0.3) is 11.1 Å². The number of nitrogens with one attached hydrogen (secondary N) is 3. The Morgan fingerprint density at radius 3 is 2.44 bits per heavy atom. The molecule has 1 heterocycles. The Kier molecular flexibility index (Phi) is 5.46. The predicted octanol–water partition coefficient (Wildman–Crippen LogP) is 3.89. The number of imidazole rings is 1. The molecule has 0 aliphatic heterocycles. The fraction of sp³-hybridized carbons (Fsp3) is 0.200. The Balaban J connectivity index is 1.44. The van der Waals surface area contributed by atoms with Crippen LogP contribution in [-0.4, -0.2) is 22.1 Å². The van der Waals surface area contributed by atoms with Gasteiger partial charge >= 0.3 is 0 Å². The molecule has 3 rings (SSSR count). The maximum Gasteiger partial charge on any atom is 0.192 e. The van der Waals surface area contributed by atoms with Gasteiger partial charge in [0.2, 0.25) is 0 Å². The fourth-order valence-corrected chi connectivity index (χ4v) is 2.65. The van der Waals surface area contributed by atoms with Gasteiger partial charge < -0.3 is 15.2 Å². The molecule has 5 nitrogen and oxygen atoms in total. The maximum absolute atomic E-state index is 8.00. The third-order valence-corrected chi connectivity index (χ3v) is 4.06. The van der Waals surface area contributed by atoms with Gasteiger partial charge in [0.05, 0.1) is 6.33 Å². The lowest BCUT2D eigenvalue weighted by Crippen LogP contribution is -2.30. The summed E-state index contributed by atoms with van der Waals surface area (Å²) < 4.78 is 2.11. The second-order valence-corrected chi connectivity index (χ2v) is 5.95. The van der Waals surface area contributed by atoms with Gasteiger partial charge in [-0.1, -0.05) is 42.5 Å². The van der Waals surface area contributed by atoms with Gasteiger partial charge in [-0.25, -0.2) is 4.98 Å². The van der Waals surface area contributed by atoms with Crippen molar-refractivity contribution in [3.8, 4) is 11.1 Å². The molecular weight excluding hydrogens is 310 g/mol. The Hall–Kier alpha value is -3.08. The van der Waals surface area contributed by atoms with Crippen LogP contribution in [0.1, 0.15) is 12.1 Å². The average Bonchev–Trinajstić information content (AvgIpc) is 3.05. The molecule has 5 heteroatoms. The van der Waals surface area contributed by atoms with E-state index in [2.05, 4.69) is 44.5 Å². The molecule has 0 fully saturated rings. The number of hydrogen-bond donors (Lipinski definition) is 3. The lowest BCUT2D eigenvalue weighted by Gasteiger charge is -2.11. The second kappa shape index (κ2) is 8.15. The van der Waals surface area contributed by atoms with Crippen molar-refractivity contribution in [1.82, 2.24) is 14.9 Å². The van der Waals surface area contributed by atoms with E-state index in [-0.39, 0.29) is 0 Å². The number of benzene rings is 2. The lowest BCUT2D eigenvalue weighted by atomic mass is 10.1. The van der Waals surface area contributed by atoms with Crippen LogP contribution in [0.3, 0.4) is 0 Å². The van der Waals surface area contributed by atoms with E-state index in [4.69, 9.17) is 5.41 Å². The molecule has 3 N–H and O–H groups in total. The normalized spacial score (nSPS) is 10.4. The van der Waals surface area contributed by atoms with Crippen LogP contribution in [0, 0.1) is 12.3 Å². The Bertz CT molecular complexity index is 806. The molecule has 0 spiro atoms. The molecule has 0 atom stereocenters. The quantitative estimate of drug-likeness (QED) is 0.364. The molecule has 0 saturated carbocycles. The fourth-order valence-electron chi connectivity index (χ4n) is 2.65. The van der Waals surface area contributed by atoms with Gasteiger partial charge in [-0.2, -0.15) is 0 Å². The van der Waals surface area contributed by atoms with Gasteiger partial charge in [0.25, 0.3) is 0 Å². The highest BCUT2D eigenvalue weighted by atomic mass is 15.1. The topological polar surface area (TPSA) is 65.7 Å². The summed E-state index contributed by atoms with van der Waals surface area (Å²) in [5.74, 6) is 0.315. The molecule has 0 aliphatic carbocycles. The summed E-state index contributed by atoms with van der Waals surface area (Å²) in [4.78, 5) is 4.11. The van der Waals surface area contributed by atoms with Crippen molar-refractivity contribution in [3.05, 3.63) is 72.8 Å². The number of nitrogens with zero attached hydrogens (tertiary/aromatic N) is 2. The molecule has 0 saturated heterocycles. The smallest absolute Gasteiger partial charge is 0.192 e. The molecule has 0 bridgehead atoms. The maximum atomic E-state index is 8.00. The number of guanidine groups is 1. The summed E-state index contributed by atoms with van der Waals surface area (Å²) in [5.41, 5.74) is 4.42. The van der Waals surface area contributed by atoms with Crippen LogP contribution in [0.15, 0.2) is 67.1 Å². The van der Waals surface area contributed by atoms with Gasteiger partial charge in [-0.15, -0.1) is 0 Å². The molecule has 0 radical (unpaired) electrons. The second-order valence-electron chi connectivity index (χ2n) is 5.95. The first-order valence-electron chi connectivity index (χ1n) is 8.44. The van der Waals surface area contributed by atoms with Crippen LogP contribution < -0.4 is 10.6 Å². The molecule has 0 aliphatic rings. The van der Waals surface area contributed by atoms with E-state index < -0.39 is 0 Å². The van der Waals surface area contributed by atoms with Crippen LogP contribution in [0.5, 0.6) is 0 Å². The summed E-state index contributed by atoms with van der Waals surface area (Å²) in [6, 6.07) is 18.4. The van der Waals surface area contributed by atoms with Gasteiger partial charge in [0.1, 0.15) is 0 Å². The van der Waals surface area contributed by atoms with E-state index in [0.717, 1.165) is 30.9 Å². The van der Waals surface area contributed by atoms with Crippen molar-refractivity contribution < 1.29 is 0 Å². The summed E-state index contributed by atoms with van der Waals surface area (Å²) in [7, 11) is 0. The summed E-state index contributed by atoms with van der Waals surface area (Å²) in [6.45, 7) is 3.69. The van der Waals surface area contributed by atoms with Crippen molar-refractivity contribution in [2.24, 2.45) is 0 Å². The van der Waals surface area contributed by atoms with Crippen molar-refractivity contribution >= 4 is 11.6 Å². The van der Waals surface area contributed by atoms with Gasteiger partial charge in [-0.05, 0) is 36.6 Å². The monoisotopic (exact) mass is 333 g/mol. The number of aromatic nitrogens is 2. The highest BCUT2D eigenvalue weighted by molar-refractivity contribution is 5.91. The predicted molar refractivity (Wildman–Crippen MR) is 103 cm³/mol. The van der Waals surface area contributed by atoms with E-state index in [1.807, 2.05) is 49.8 Å². The number of aryl methyl sites for hydroxylation is 2. The van der Waals surface area contributed by atoms with Crippen molar-refractivity contribution in [2.75, 3.05) is 11.9 Å². The molecule has 2 aromatic carbocycles. The Morgan fingerprint density at radius 2 is 1.76 bits per heavy atom. The summed E-state index contributed by atoms with van der Waals surface area (Å²) >= 11 is 0. The molecule has 0 amide bonds. The zero-order chi connectivity index (χ0) is 17.5. The average molecular weight is 333 g/mol. The summed E-state index contributed by atoms with van der Waals surface area (Å²) in [6.07, 6.45) is 4.64. The lowest BCUT2D eigenvalue weighted by molar-refractivity contribution is 0.618. The zero-order valence-electron chi connectivity index (χ0n) is 14.4. The molecule has 3 aromatic rings. The first kappa shape index (κ1) is 16.8. The first-order valence-corrected chi connectivity index (χ1v) is 8.44. The minimum absolute atomic E-state index is 0.315. The van der Waals surface area contributed by atoms with E-state index in [0.29, 0.717) is 5.96 Å². The number of rotatable bonds is 6. The first-order chi connectivity index (χ1) is 12.2.